The summed E-state index contributed by atoms with van der Waals surface area (Å²) in [5.41, 5.74) is 0.968. The van der Waals surface area contributed by atoms with Crippen LogP contribution in [-0.4, -0.2) is 17.0 Å². The Morgan fingerprint density at radius 1 is 1.13 bits per heavy atom. The van der Waals surface area contributed by atoms with E-state index in [1.54, 1.807) is 12.1 Å². The number of halogens is 1. The number of benzene rings is 1. The third kappa shape index (κ3) is 4.35. The van der Waals surface area contributed by atoms with Crippen molar-refractivity contribution in [2.45, 2.75) is 32.7 Å². The average Bonchev–Trinajstić information content (AvgIpc) is 2.53. The number of hydrogen-bond donors (Lipinski definition) is 2. The van der Waals surface area contributed by atoms with Crippen molar-refractivity contribution in [3.63, 3.8) is 0 Å². The highest BCUT2D eigenvalue weighted by molar-refractivity contribution is 6.30. The van der Waals surface area contributed by atoms with Crippen molar-refractivity contribution in [2.24, 2.45) is 17.8 Å². The van der Waals surface area contributed by atoms with E-state index in [-0.39, 0.29) is 17.9 Å². The van der Waals surface area contributed by atoms with E-state index in [9.17, 15) is 14.7 Å². The topological polar surface area (TPSA) is 66.4 Å². The van der Waals surface area contributed by atoms with Gasteiger partial charge in [-0.25, -0.2) is 0 Å². The van der Waals surface area contributed by atoms with Crippen molar-refractivity contribution in [1.82, 2.24) is 5.32 Å². The second-order valence-corrected chi connectivity index (χ2v) is 6.71. The Kier molecular flexibility index (Phi) is 5.83. The largest absolute Gasteiger partial charge is 0.481 e. The van der Waals surface area contributed by atoms with E-state index in [0.29, 0.717) is 17.9 Å². The van der Waals surface area contributed by atoms with Crippen LogP contribution in [0.25, 0.3) is 0 Å². The molecule has 0 radical (unpaired) electrons. The maximum atomic E-state index is 12.6. The lowest BCUT2D eigenvalue weighted by molar-refractivity contribution is -0.147. The lowest BCUT2D eigenvalue weighted by Gasteiger charge is -2.29. The highest BCUT2D eigenvalue weighted by Crippen LogP contribution is 2.29. The third-order valence-corrected chi connectivity index (χ3v) is 4.53. The lowest BCUT2D eigenvalue weighted by atomic mass is 9.82. The molecular formula is C18H22ClNO3. The van der Waals surface area contributed by atoms with Crippen LogP contribution in [0.15, 0.2) is 36.4 Å². The second-order valence-electron chi connectivity index (χ2n) is 6.28. The van der Waals surface area contributed by atoms with E-state index in [2.05, 4.69) is 5.32 Å². The highest BCUT2D eigenvalue weighted by Gasteiger charge is 2.35. The number of allylic oxidation sites excluding steroid dienone is 2. The quantitative estimate of drug-likeness (QED) is 0.804. The molecular weight excluding hydrogens is 314 g/mol. The van der Waals surface area contributed by atoms with E-state index >= 15 is 0 Å². The SMILES string of the molecule is CC(C)[C@H](NC(=O)[C@@H]1CC=CC[C@@H]1C(=O)O)c1ccc(Cl)cc1. The second kappa shape index (κ2) is 7.64. The molecule has 0 bridgehead atoms. The Morgan fingerprint density at radius 3 is 2.22 bits per heavy atom. The zero-order chi connectivity index (χ0) is 17.0. The number of amides is 1. The van der Waals surface area contributed by atoms with Gasteiger partial charge in [0.15, 0.2) is 0 Å². The van der Waals surface area contributed by atoms with Gasteiger partial charge in [0.05, 0.1) is 17.9 Å². The van der Waals surface area contributed by atoms with E-state index in [1.807, 2.05) is 38.1 Å². The Labute approximate surface area is 141 Å². The number of carboxylic acid groups (broad SMARTS) is 1. The van der Waals surface area contributed by atoms with Crippen molar-refractivity contribution in [1.29, 1.82) is 0 Å². The average molecular weight is 336 g/mol. The van der Waals surface area contributed by atoms with Gasteiger partial charge < -0.3 is 10.4 Å². The van der Waals surface area contributed by atoms with Crippen molar-refractivity contribution in [3.05, 3.63) is 47.0 Å². The summed E-state index contributed by atoms with van der Waals surface area (Å²) in [6.45, 7) is 4.05. The van der Waals surface area contributed by atoms with Gasteiger partial charge >= 0.3 is 5.97 Å². The summed E-state index contributed by atoms with van der Waals surface area (Å²) in [6.07, 6.45) is 4.59. The monoisotopic (exact) mass is 335 g/mol. The van der Waals surface area contributed by atoms with Crippen LogP contribution in [0.1, 0.15) is 38.3 Å². The molecule has 0 heterocycles. The maximum absolute atomic E-state index is 12.6. The molecule has 0 saturated heterocycles. The van der Waals surface area contributed by atoms with Gasteiger partial charge in [0.25, 0.3) is 0 Å². The standard InChI is InChI=1S/C18H22ClNO3/c1-11(2)16(12-7-9-13(19)10-8-12)20-17(21)14-5-3-4-6-15(14)18(22)23/h3-4,7-11,14-16H,5-6H2,1-2H3,(H,20,21)(H,22,23)/t14-,15+,16+/m1/s1. The predicted octanol–water partition coefficient (Wildman–Crippen LogP) is 3.82. The van der Waals surface area contributed by atoms with E-state index in [0.717, 1.165) is 5.56 Å². The Morgan fingerprint density at radius 2 is 1.70 bits per heavy atom. The number of carboxylic acids is 1. The molecule has 0 aromatic heterocycles. The van der Waals surface area contributed by atoms with Gasteiger partial charge in [0.2, 0.25) is 5.91 Å². The molecule has 1 aromatic carbocycles. The summed E-state index contributed by atoms with van der Waals surface area (Å²) < 4.78 is 0. The molecule has 1 amide bonds. The number of carbonyl (C=O) groups excluding carboxylic acids is 1. The molecule has 5 heteroatoms. The van der Waals surface area contributed by atoms with Crippen LogP contribution in [0.3, 0.4) is 0 Å². The maximum Gasteiger partial charge on any atom is 0.307 e. The number of carbonyl (C=O) groups is 2. The molecule has 3 atom stereocenters. The molecule has 2 N–H and O–H groups in total. The fourth-order valence-corrected chi connectivity index (χ4v) is 3.07. The fourth-order valence-electron chi connectivity index (χ4n) is 2.94. The number of rotatable bonds is 5. The minimum Gasteiger partial charge on any atom is -0.481 e. The van der Waals surface area contributed by atoms with Gasteiger partial charge in [0.1, 0.15) is 0 Å². The molecule has 0 fully saturated rings. The van der Waals surface area contributed by atoms with Crippen LogP contribution < -0.4 is 5.32 Å². The van der Waals surface area contributed by atoms with Crippen LogP contribution in [0.2, 0.25) is 5.02 Å². The minimum atomic E-state index is -0.915. The summed E-state index contributed by atoms with van der Waals surface area (Å²) >= 11 is 5.92. The van der Waals surface area contributed by atoms with Gasteiger partial charge in [-0.3, -0.25) is 9.59 Å². The summed E-state index contributed by atoms with van der Waals surface area (Å²) in [7, 11) is 0. The fraction of sp³-hybridized carbons (Fsp3) is 0.444. The van der Waals surface area contributed by atoms with Crippen molar-refractivity contribution < 1.29 is 14.7 Å². The first-order valence-electron chi connectivity index (χ1n) is 7.83. The van der Waals surface area contributed by atoms with E-state index in [1.165, 1.54) is 0 Å². The van der Waals surface area contributed by atoms with E-state index in [4.69, 9.17) is 11.6 Å². The van der Waals surface area contributed by atoms with E-state index < -0.39 is 17.8 Å². The van der Waals surface area contributed by atoms with Crippen LogP contribution in [0, 0.1) is 17.8 Å². The zero-order valence-electron chi connectivity index (χ0n) is 13.3. The Bertz CT molecular complexity index is 595. The number of aliphatic carboxylic acids is 1. The molecule has 0 unspecified atom stereocenters. The third-order valence-electron chi connectivity index (χ3n) is 4.28. The molecule has 1 aromatic rings. The van der Waals surface area contributed by atoms with Gasteiger partial charge in [-0.1, -0.05) is 49.7 Å². The van der Waals surface area contributed by atoms with Crippen molar-refractivity contribution in [2.75, 3.05) is 0 Å². The Balaban J connectivity index is 2.16. The van der Waals surface area contributed by atoms with Crippen LogP contribution >= 0.6 is 11.6 Å². The normalized spacial score (nSPS) is 21.9. The number of hydrogen-bond acceptors (Lipinski definition) is 2. The molecule has 1 aliphatic rings. The van der Waals surface area contributed by atoms with Crippen molar-refractivity contribution >= 4 is 23.5 Å². The molecule has 2 rings (SSSR count). The van der Waals surface area contributed by atoms with Crippen LogP contribution in [0.5, 0.6) is 0 Å². The van der Waals surface area contributed by atoms with Crippen molar-refractivity contribution in [3.8, 4) is 0 Å². The molecule has 0 saturated carbocycles. The summed E-state index contributed by atoms with van der Waals surface area (Å²) in [5.74, 6) is -2.11. The smallest absolute Gasteiger partial charge is 0.307 e. The summed E-state index contributed by atoms with van der Waals surface area (Å²) in [4.78, 5) is 24.0. The first kappa shape index (κ1) is 17.5. The first-order chi connectivity index (χ1) is 10.9. The molecule has 4 nitrogen and oxygen atoms in total. The predicted molar refractivity (Wildman–Crippen MR) is 90.2 cm³/mol. The Hall–Kier alpha value is -1.81. The summed E-state index contributed by atoms with van der Waals surface area (Å²) in [5, 5.41) is 13.0. The van der Waals surface area contributed by atoms with Crippen LogP contribution in [0.4, 0.5) is 0 Å². The molecule has 0 spiro atoms. The number of nitrogens with one attached hydrogen (secondary N) is 1. The highest BCUT2D eigenvalue weighted by atomic mass is 35.5. The van der Waals surface area contributed by atoms with Gasteiger partial charge in [-0.15, -0.1) is 0 Å². The summed E-state index contributed by atoms with van der Waals surface area (Å²) in [6, 6.07) is 7.20. The van der Waals surface area contributed by atoms with Crippen LogP contribution in [-0.2, 0) is 9.59 Å². The van der Waals surface area contributed by atoms with Gasteiger partial charge in [-0.2, -0.15) is 0 Å². The molecule has 0 aliphatic heterocycles. The lowest BCUT2D eigenvalue weighted by Crippen LogP contribution is -2.41. The molecule has 23 heavy (non-hydrogen) atoms. The van der Waals surface area contributed by atoms with Gasteiger partial charge in [0, 0.05) is 5.02 Å². The van der Waals surface area contributed by atoms with Gasteiger partial charge in [-0.05, 0) is 36.5 Å². The minimum absolute atomic E-state index is 0.167. The molecule has 1 aliphatic carbocycles. The zero-order valence-corrected chi connectivity index (χ0v) is 14.1. The first-order valence-corrected chi connectivity index (χ1v) is 8.21. The molecule has 124 valence electrons.